The van der Waals surface area contributed by atoms with E-state index in [-0.39, 0.29) is 11.3 Å². The van der Waals surface area contributed by atoms with Crippen LogP contribution in [-0.4, -0.2) is 16.6 Å². The molecule has 4 heteroatoms. The molecule has 1 fully saturated rings. The summed E-state index contributed by atoms with van der Waals surface area (Å²) in [6, 6.07) is 0. The maximum Gasteiger partial charge on any atom is 0.273 e. The number of H-pyrrole nitrogens is 1. The van der Waals surface area contributed by atoms with Gasteiger partial charge in [-0.15, -0.1) is 0 Å². The Hall–Kier alpha value is -1.84. The SMILES string of the molecule is CCc1c(C)[nH]c(C=C2C(=O)NN=C2C2(C)CC2)c1C. The van der Waals surface area contributed by atoms with Crippen molar-refractivity contribution in [3.63, 3.8) is 0 Å². The van der Waals surface area contributed by atoms with E-state index in [1.54, 1.807) is 0 Å². The molecule has 0 spiro atoms. The van der Waals surface area contributed by atoms with Crippen molar-refractivity contribution >= 4 is 17.7 Å². The number of carbonyl (C=O) groups excluding carboxylic acids is 1. The Morgan fingerprint density at radius 2 is 2.05 bits per heavy atom. The van der Waals surface area contributed by atoms with Gasteiger partial charge in [-0.25, -0.2) is 5.43 Å². The Morgan fingerprint density at radius 1 is 1.35 bits per heavy atom. The zero-order valence-corrected chi connectivity index (χ0v) is 12.6. The van der Waals surface area contributed by atoms with Crippen LogP contribution in [0.15, 0.2) is 10.7 Å². The van der Waals surface area contributed by atoms with E-state index < -0.39 is 0 Å². The molecule has 0 saturated heterocycles. The van der Waals surface area contributed by atoms with E-state index in [1.165, 1.54) is 16.8 Å². The van der Waals surface area contributed by atoms with Crippen molar-refractivity contribution in [2.24, 2.45) is 10.5 Å². The minimum Gasteiger partial charge on any atom is -0.359 e. The molecule has 1 aliphatic heterocycles. The lowest BCUT2D eigenvalue weighted by molar-refractivity contribution is -0.116. The van der Waals surface area contributed by atoms with Gasteiger partial charge in [0.25, 0.3) is 5.91 Å². The first-order valence-electron chi connectivity index (χ1n) is 7.25. The summed E-state index contributed by atoms with van der Waals surface area (Å²) < 4.78 is 0. The van der Waals surface area contributed by atoms with Crippen molar-refractivity contribution < 1.29 is 4.79 Å². The molecule has 0 unspecified atom stereocenters. The van der Waals surface area contributed by atoms with Crippen LogP contribution in [0.1, 0.15) is 49.2 Å². The molecule has 0 atom stereocenters. The second-order valence-corrected chi connectivity index (χ2v) is 6.14. The standard InChI is InChI=1S/C16H21N3O/c1-5-11-9(2)13(17-10(11)3)8-12-14(16(4)6-7-16)18-19-15(12)20/h8,17H,5-7H2,1-4H3,(H,19,20). The Balaban J connectivity index is 2.03. The van der Waals surface area contributed by atoms with Gasteiger partial charge < -0.3 is 4.98 Å². The number of aromatic nitrogens is 1. The third-order valence-electron chi connectivity index (χ3n) is 4.61. The van der Waals surface area contributed by atoms with Crippen LogP contribution in [0, 0.1) is 19.3 Å². The van der Waals surface area contributed by atoms with Crippen molar-refractivity contribution in [2.45, 2.75) is 47.0 Å². The van der Waals surface area contributed by atoms with Gasteiger partial charge in [-0.05, 0) is 50.3 Å². The van der Waals surface area contributed by atoms with Crippen LogP contribution < -0.4 is 5.43 Å². The molecule has 2 N–H and O–H groups in total. The molecule has 2 heterocycles. The highest BCUT2D eigenvalue weighted by Gasteiger charge is 2.47. The molecule has 20 heavy (non-hydrogen) atoms. The molecular formula is C16H21N3O. The summed E-state index contributed by atoms with van der Waals surface area (Å²) in [6.07, 6.45) is 5.19. The zero-order valence-electron chi connectivity index (χ0n) is 12.6. The average molecular weight is 271 g/mol. The van der Waals surface area contributed by atoms with Crippen LogP contribution >= 0.6 is 0 Å². The number of rotatable bonds is 3. The number of hydrogen-bond donors (Lipinski definition) is 2. The molecule has 0 bridgehead atoms. The van der Waals surface area contributed by atoms with Crippen molar-refractivity contribution in [2.75, 3.05) is 0 Å². The molecule has 1 aromatic heterocycles. The summed E-state index contributed by atoms with van der Waals surface area (Å²) in [6.45, 7) is 8.52. The number of nitrogens with zero attached hydrogens (tertiary/aromatic N) is 1. The first kappa shape index (κ1) is 13.2. The van der Waals surface area contributed by atoms with Gasteiger partial charge in [-0.2, -0.15) is 5.10 Å². The smallest absolute Gasteiger partial charge is 0.273 e. The fourth-order valence-corrected chi connectivity index (χ4v) is 2.99. The molecule has 106 valence electrons. The molecular weight excluding hydrogens is 250 g/mol. The number of hydrogen-bond acceptors (Lipinski definition) is 2. The third-order valence-corrected chi connectivity index (χ3v) is 4.61. The van der Waals surface area contributed by atoms with E-state index in [0.29, 0.717) is 0 Å². The predicted molar refractivity (Wildman–Crippen MR) is 80.5 cm³/mol. The maximum absolute atomic E-state index is 12.0. The monoisotopic (exact) mass is 271 g/mol. The van der Waals surface area contributed by atoms with Crippen LogP contribution in [0.25, 0.3) is 6.08 Å². The first-order chi connectivity index (χ1) is 9.46. The molecule has 0 aromatic carbocycles. The number of carbonyl (C=O) groups is 1. The normalized spacial score (nSPS) is 22.1. The van der Waals surface area contributed by atoms with Gasteiger partial charge in [-0.1, -0.05) is 13.8 Å². The highest BCUT2D eigenvalue weighted by Crippen LogP contribution is 2.49. The third kappa shape index (κ3) is 1.90. The van der Waals surface area contributed by atoms with Gasteiger partial charge in [-0.3, -0.25) is 4.79 Å². The first-order valence-corrected chi connectivity index (χ1v) is 7.25. The second-order valence-electron chi connectivity index (χ2n) is 6.14. The fourth-order valence-electron chi connectivity index (χ4n) is 2.99. The lowest BCUT2D eigenvalue weighted by Crippen LogP contribution is -2.17. The fraction of sp³-hybridized carbons (Fsp3) is 0.500. The Kier molecular flexibility index (Phi) is 2.85. The van der Waals surface area contributed by atoms with E-state index in [4.69, 9.17) is 0 Å². The Morgan fingerprint density at radius 3 is 2.60 bits per heavy atom. The Labute approximate surface area is 119 Å². The Bertz CT molecular complexity index is 645. The average Bonchev–Trinajstić information content (AvgIpc) is 2.94. The van der Waals surface area contributed by atoms with Crippen molar-refractivity contribution in [3.05, 3.63) is 28.1 Å². The van der Waals surface area contributed by atoms with Crippen molar-refractivity contribution in [1.82, 2.24) is 10.4 Å². The molecule has 0 radical (unpaired) electrons. The summed E-state index contributed by atoms with van der Waals surface area (Å²) >= 11 is 0. The summed E-state index contributed by atoms with van der Waals surface area (Å²) in [5.74, 6) is -0.0853. The van der Waals surface area contributed by atoms with E-state index in [2.05, 4.69) is 43.2 Å². The number of aryl methyl sites for hydroxylation is 1. The van der Waals surface area contributed by atoms with E-state index in [1.807, 2.05) is 6.08 Å². The zero-order chi connectivity index (χ0) is 14.5. The largest absolute Gasteiger partial charge is 0.359 e. The van der Waals surface area contributed by atoms with Crippen LogP contribution in [-0.2, 0) is 11.2 Å². The number of aromatic amines is 1. The van der Waals surface area contributed by atoms with Gasteiger partial charge in [0.2, 0.25) is 0 Å². The van der Waals surface area contributed by atoms with Gasteiger partial charge in [0, 0.05) is 16.8 Å². The summed E-state index contributed by atoms with van der Waals surface area (Å²) in [5.41, 5.74) is 9.13. The minimum atomic E-state index is -0.0853. The lowest BCUT2D eigenvalue weighted by Gasteiger charge is -2.07. The quantitative estimate of drug-likeness (QED) is 0.816. The summed E-state index contributed by atoms with van der Waals surface area (Å²) in [4.78, 5) is 15.4. The predicted octanol–water partition coefficient (Wildman–Crippen LogP) is 2.86. The highest BCUT2D eigenvalue weighted by molar-refractivity contribution is 6.29. The van der Waals surface area contributed by atoms with E-state index in [9.17, 15) is 4.79 Å². The van der Waals surface area contributed by atoms with Crippen LogP contribution in [0.4, 0.5) is 0 Å². The molecule has 4 nitrogen and oxygen atoms in total. The van der Waals surface area contributed by atoms with Crippen LogP contribution in [0.5, 0.6) is 0 Å². The summed E-state index contributed by atoms with van der Waals surface area (Å²) in [5, 5.41) is 4.24. The number of hydrazone groups is 1. The van der Waals surface area contributed by atoms with E-state index >= 15 is 0 Å². The van der Waals surface area contributed by atoms with Gasteiger partial charge >= 0.3 is 0 Å². The second kappa shape index (κ2) is 4.33. The lowest BCUT2D eigenvalue weighted by atomic mass is 9.94. The highest BCUT2D eigenvalue weighted by atomic mass is 16.2. The molecule has 1 aromatic rings. The molecule has 1 aliphatic carbocycles. The van der Waals surface area contributed by atoms with E-state index in [0.717, 1.165) is 36.2 Å². The van der Waals surface area contributed by atoms with Crippen LogP contribution in [0.2, 0.25) is 0 Å². The number of nitrogens with one attached hydrogen (secondary N) is 2. The minimum absolute atomic E-state index is 0.0853. The van der Waals surface area contributed by atoms with Gasteiger partial charge in [0.1, 0.15) is 0 Å². The molecule has 2 aliphatic rings. The van der Waals surface area contributed by atoms with Crippen LogP contribution in [0.3, 0.4) is 0 Å². The molecule has 3 rings (SSSR count). The van der Waals surface area contributed by atoms with Crippen molar-refractivity contribution in [3.8, 4) is 0 Å². The summed E-state index contributed by atoms with van der Waals surface area (Å²) in [7, 11) is 0. The topological polar surface area (TPSA) is 57.2 Å². The van der Waals surface area contributed by atoms with Crippen molar-refractivity contribution in [1.29, 1.82) is 0 Å². The van der Waals surface area contributed by atoms with Gasteiger partial charge in [0.15, 0.2) is 0 Å². The maximum atomic E-state index is 12.0. The van der Waals surface area contributed by atoms with Gasteiger partial charge in [0.05, 0.1) is 11.3 Å². The number of amides is 1. The molecule has 1 saturated carbocycles. The molecule has 1 amide bonds.